The molecular weight excluding hydrogens is 368 g/mol. The van der Waals surface area contributed by atoms with Crippen molar-refractivity contribution in [1.82, 2.24) is 9.55 Å². The summed E-state index contributed by atoms with van der Waals surface area (Å²) in [7, 11) is 1.64. The Hall–Kier alpha value is -3.67. The number of fused-ring (bicyclic) bond motifs is 2. The van der Waals surface area contributed by atoms with E-state index in [-0.39, 0.29) is 31.1 Å². The Balaban J connectivity index is 1.37. The summed E-state index contributed by atoms with van der Waals surface area (Å²) in [5.74, 6) is 0.440. The molecule has 0 fully saturated rings. The lowest BCUT2D eigenvalue weighted by Crippen LogP contribution is -2.22. The fraction of sp³-hybridized carbons (Fsp3) is 0.174. The summed E-state index contributed by atoms with van der Waals surface area (Å²) in [6.45, 7) is 0.415. The largest absolute Gasteiger partial charge is 0.497 e. The Morgan fingerprint density at radius 3 is 2.69 bits per heavy atom. The van der Waals surface area contributed by atoms with Crippen molar-refractivity contribution in [3.05, 3.63) is 82.9 Å². The van der Waals surface area contributed by atoms with E-state index in [1.807, 2.05) is 42.5 Å². The molecule has 1 aromatic heterocycles. The van der Waals surface area contributed by atoms with E-state index >= 15 is 0 Å². The average Bonchev–Trinajstić information content (AvgIpc) is 2.77. The fourth-order valence-electron chi connectivity index (χ4n) is 3.20. The van der Waals surface area contributed by atoms with Crippen LogP contribution in [0, 0.1) is 0 Å². The molecule has 0 amide bonds. The van der Waals surface area contributed by atoms with Crippen LogP contribution in [-0.4, -0.2) is 22.6 Å². The van der Waals surface area contributed by atoms with E-state index in [9.17, 15) is 9.59 Å². The first-order chi connectivity index (χ1) is 14.1. The van der Waals surface area contributed by atoms with E-state index in [0.29, 0.717) is 10.9 Å². The number of carbonyl (C=O) groups is 1. The minimum atomic E-state index is -0.361. The molecule has 6 nitrogen and oxygen atoms in total. The number of para-hydroxylation sites is 1. The number of hydrogen-bond donors (Lipinski definition) is 0. The second-order valence-electron chi connectivity index (χ2n) is 6.72. The van der Waals surface area contributed by atoms with Gasteiger partial charge in [0, 0.05) is 6.54 Å². The zero-order valence-electron chi connectivity index (χ0n) is 16.0. The number of aromatic nitrogens is 2. The van der Waals surface area contributed by atoms with Gasteiger partial charge in [-0.05, 0) is 46.7 Å². The van der Waals surface area contributed by atoms with Crippen LogP contribution in [0.25, 0.3) is 21.7 Å². The minimum Gasteiger partial charge on any atom is -0.497 e. The predicted octanol–water partition coefficient (Wildman–Crippen LogP) is 3.69. The quantitative estimate of drug-likeness (QED) is 0.471. The number of aryl methyl sites for hydroxylation is 1. The fourth-order valence-corrected chi connectivity index (χ4v) is 3.20. The van der Waals surface area contributed by atoms with E-state index in [4.69, 9.17) is 9.47 Å². The maximum absolute atomic E-state index is 12.5. The Morgan fingerprint density at radius 2 is 1.83 bits per heavy atom. The molecule has 1 heterocycles. The number of methoxy groups -OCH3 is 1. The van der Waals surface area contributed by atoms with Gasteiger partial charge in [0.05, 0.1) is 30.8 Å². The van der Waals surface area contributed by atoms with Crippen molar-refractivity contribution in [2.45, 2.75) is 19.6 Å². The average molecular weight is 388 g/mol. The summed E-state index contributed by atoms with van der Waals surface area (Å²) in [4.78, 5) is 28.8. The van der Waals surface area contributed by atoms with Gasteiger partial charge in [-0.2, -0.15) is 0 Å². The molecule has 0 radical (unpaired) electrons. The van der Waals surface area contributed by atoms with Gasteiger partial charge < -0.3 is 9.47 Å². The van der Waals surface area contributed by atoms with E-state index in [2.05, 4.69) is 4.98 Å². The van der Waals surface area contributed by atoms with Crippen molar-refractivity contribution in [1.29, 1.82) is 0 Å². The summed E-state index contributed by atoms with van der Waals surface area (Å²) in [5.41, 5.74) is 1.39. The molecule has 0 saturated carbocycles. The third kappa shape index (κ3) is 4.11. The highest BCUT2D eigenvalue weighted by atomic mass is 16.5. The first kappa shape index (κ1) is 18.7. The predicted molar refractivity (Wildman–Crippen MR) is 111 cm³/mol. The third-order valence-corrected chi connectivity index (χ3v) is 4.80. The van der Waals surface area contributed by atoms with Crippen LogP contribution >= 0.6 is 0 Å². The summed E-state index contributed by atoms with van der Waals surface area (Å²) >= 11 is 0. The van der Waals surface area contributed by atoms with Gasteiger partial charge in [0.25, 0.3) is 5.56 Å². The molecule has 6 heteroatoms. The molecule has 0 bridgehead atoms. The lowest BCUT2D eigenvalue weighted by molar-refractivity contribution is -0.145. The van der Waals surface area contributed by atoms with Gasteiger partial charge in [-0.25, -0.2) is 4.98 Å². The van der Waals surface area contributed by atoms with Gasteiger partial charge in [0.1, 0.15) is 12.4 Å². The zero-order chi connectivity index (χ0) is 20.2. The van der Waals surface area contributed by atoms with Gasteiger partial charge >= 0.3 is 5.97 Å². The molecule has 0 aliphatic carbocycles. The van der Waals surface area contributed by atoms with Crippen LogP contribution in [0.2, 0.25) is 0 Å². The molecule has 0 unspecified atom stereocenters. The Labute approximate surface area is 167 Å². The van der Waals surface area contributed by atoms with Crippen LogP contribution in [0.3, 0.4) is 0 Å². The van der Waals surface area contributed by atoms with Gasteiger partial charge in [0.15, 0.2) is 0 Å². The molecule has 0 aliphatic rings. The molecule has 0 atom stereocenters. The van der Waals surface area contributed by atoms with E-state index in [1.165, 1.54) is 10.9 Å². The second-order valence-corrected chi connectivity index (χ2v) is 6.72. The number of benzene rings is 3. The lowest BCUT2D eigenvalue weighted by Gasteiger charge is -2.08. The monoisotopic (exact) mass is 388 g/mol. The summed E-state index contributed by atoms with van der Waals surface area (Å²) in [6.07, 6.45) is 1.57. The molecule has 0 saturated heterocycles. The molecule has 0 aliphatic heterocycles. The molecular formula is C23H20N2O4. The first-order valence-electron chi connectivity index (χ1n) is 9.30. The molecule has 0 N–H and O–H groups in total. The highest BCUT2D eigenvalue weighted by Crippen LogP contribution is 2.22. The standard InChI is InChI=1S/C23H20N2O4/c1-28-19-9-8-17-12-16(6-7-18(17)13-19)14-29-22(26)10-11-25-15-24-21-5-3-2-4-20(21)23(25)27/h2-9,12-13,15H,10-11,14H2,1H3. The van der Waals surface area contributed by atoms with Crippen molar-refractivity contribution in [3.8, 4) is 5.75 Å². The maximum Gasteiger partial charge on any atom is 0.307 e. The van der Waals surface area contributed by atoms with Crippen LogP contribution < -0.4 is 10.3 Å². The van der Waals surface area contributed by atoms with Crippen molar-refractivity contribution >= 4 is 27.6 Å². The topological polar surface area (TPSA) is 70.4 Å². The Bertz CT molecular complexity index is 1250. The zero-order valence-corrected chi connectivity index (χ0v) is 16.0. The third-order valence-electron chi connectivity index (χ3n) is 4.80. The molecule has 29 heavy (non-hydrogen) atoms. The summed E-state index contributed by atoms with van der Waals surface area (Å²) < 4.78 is 12.0. The van der Waals surface area contributed by atoms with Crippen molar-refractivity contribution in [2.24, 2.45) is 0 Å². The summed E-state index contributed by atoms with van der Waals surface area (Å²) in [6, 6.07) is 18.9. The number of carbonyl (C=O) groups excluding carboxylic acids is 1. The van der Waals surface area contributed by atoms with E-state index in [0.717, 1.165) is 22.1 Å². The van der Waals surface area contributed by atoms with Crippen molar-refractivity contribution < 1.29 is 14.3 Å². The van der Waals surface area contributed by atoms with Crippen LogP contribution in [-0.2, 0) is 22.7 Å². The molecule has 0 spiro atoms. The van der Waals surface area contributed by atoms with Crippen molar-refractivity contribution in [2.75, 3.05) is 7.11 Å². The maximum atomic E-state index is 12.5. The molecule has 4 rings (SSSR count). The van der Waals surface area contributed by atoms with Gasteiger partial charge in [-0.1, -0.05) is 30.3 Å². The van der Waals surface area contributed by atoms with Crippen LogP contribution in [0.4, 0.5) is 0 Å². The highest BCUT2D eigenvalue weighted by Gasteiger charge is 2.08. The van der Waals surface area contributed by atoms with E-state index < -0.39 is 0 Å². The van der Waals surface area contributed by atoms with Gasteiger partial charge in [0.2, 0.25) is 0 Å². The molecule has 3 aromatic carbocycles. The Kier molecular flexibility index (Phi) is 5.24. The second kappa shape index (κ2) is 8.14. The number of ether oxygens (including phenoxy) is 2. The number of hydrogen-bond acceptors (Lipinski definition) is 5. The Morgan fingerprint density at radius 1 is 1.03 bits per heavy atom. The smallest absolute Gasteiger partial charge is 0.307 e. The van der Waals surface area contributed by atoms with E-state index in [1.54, 1.807) is 25.3 Å². The summed E-state index contributed by atoms with van der Waals surface area (Å²) in [5, 5.41) is 2.65. The number of esters is 1. The molecule has 146 valence electrons. The van der Waals surface area contributed by atoms with Gasteiger partial charge in [-0.15, -0.1) is 0 Å². The minimum absolute atomic E-state index is 0.102. The molecule has 4 aromatic rings. The number of nitrogens with zero attached hydrogens (tertiary/aromatic N) is 2. The number of rotatable bonds is 6. The first-order valence-corrected chi connectivity index (χ1v) is 9.30. The van der Waals surface area contributed by atoms with Crippen molar-refractivity contribution in [3.63, 3.8) is 0 Å². The van der Waals surface area contributed by atoms with Crippen LogP contribution in [0.1, 0.15) is 12.0 Å². The SMILES string of the molecule is COc1ccc2cc(COC(=O)CCn3cnc4ccccc4c3=O)ccc2c1. The van der Waals surface area contributed by atoms with Crippen LogP contribution in [0.15, 0.2) is 71.8 Å². The normalized spacial score (nSPS) is 10.9. The van der Waals surface area contributed by atoms with Gasteiger partial charge in [-0.3, -0.25) is 14.2 Å². The van der Waals surface area contributed by atoms with Crippen LogP contribution in [0.5, 0.6) is 5.75 Å². The lowest BCUT2D eigenvalue weighted by atomic mass is 10.1. The highest BCUT2D eigenvalue weighted by molar-refractivity contribution is 5.84.